The first-order chi connectivity index (χ1) is 6.25. The zero-order chi connectivity index (χ0) is 9.26. The van der Waals surface area contributed by atoms with Crippen molar-refractivity contribution in [2.75, 3.05) is 6.54 Å². The molecule has 1 aliphatic carbocycles. The molecule has 0 amide bonds. The van der Waals surface area contributed by atoms with Gasteiger partial charge in [0.25, 0.3) is 0 Å². The van der Waals surface area contributed by atoms with Gasteiger partial charge in [-0.1, -0.05) is 12.8 Å². The molecular weight excluding hydrogens is 166 g/mol. The van der Waals surface area contributed by atoms with E-state index in [2.05, 4.69) is 5.32 Å². The number of carbonyl (C=O) groups is 1. The Labute approximate surface area is 78.5 Å². The summed E-state index contributed by atoms with van der Waals surface area (Å²) in [6, 6.07) is -0.280. The van der Waals surface area contributed by atoms with Gasteiger partial charge >= 0.3 is 5.97 Å². The van der Waals surface area contributed by atoms with Crippen molar-refractivity contribution in [3.63, 3.8) is 0 Å². The summed E-state index contributed by atoms with van der Waals surface area (Å²) in [5.74, 6) is 0.910. The maximum atomic E-state index is 10.7. The van der Waals surface area contributed by atoms with Gasteiger partial charge in [-0.3, -0.25) is 4.79 Å². The van der Waals surface area contributed by atoms with E-state index in [0.29, 0.717) is 5.92 Å². The largest absolute Gasteiger partial charge is 0.480 e. The summed E-state index contributed by atoms with van der Waals surface area (Å²) in [6.45, 7) is 0.883. The molecule has 74 valence electrons. The van der Waals surface area contributed by atoms with Gasteiger partial charge in [0.1, 0.15) is 6.04 Å². The molecule has 0 aromatic carbocycles. The summed E-state index contributed by atoms with van der Waals surface area (Å²) in [5, 5.41) is 11.9. The Bertz CT molecular complexity index is 201. The maximum absolute atomic E-state index is 10.7. The summed E-state index contributed by atoms with van der Waals surface area (Å²) in [6.07, 6.45) is 6.03. The normalized spacial score (nSPS) is 34.5. The third-order valence-electron chi connectivity index (χ3n) is 3.17. The van der Waals surface area contributed by atoms with Crippen molar-refractivity contribution >= 4 is 5.97 Å². The van der Waals surface area contributed by atoms with Crippen LogP contribution < -0.4 is 5.32 Å². The Morgan fingerprint density at radius 1 is 1.31 bits per heavy atom. The Balaban J connectivity index is 1.80. The fourth-order valence-electron chi connectivity index (χ4n) is 2.22. The zero-order valence-electron chi connectivity index (χ0n) is 7.83. The Morgan fingerprint density at radius 2 is 2.08 bits per heavy atom. The minimum Gasteiger partial charge on any atom is -0.480 e. The lowest BCUT2D eigenvalue weighted by Gasteiger charge is -2.27. The number of piperidine rings is 1. The molecule has 3 heteroatoms. The first kappa shape index (κ1) is 9.00. The van der Waals surface area contributed by atoms with Crippen molar-refractivity contribution in [1.82, 2.24) is 5.32 Å². The van der Waals surface area contributed by atoms with Crippen molar-refractivity contribution in [2.24, 2.45) is 11.8 Å². The lowest BCUT2D eigenvalue weighted by molar-refractivity contribution is -0.140. The van der Waals surface area contributed by atoms with Gasteiger partial charge in [-0.25, -0.2) is 0 Å². The molecule has 2 aliphatic rings. The summed E-state index contributed by atoms with van der Waals surface area (Å²) in [7, 11) is 0. The van der Waals surface area contributed by atoms with Gasteiger partial charge in [0, 0.05) is 0 Å². The third kappa shape index (κ3) is 2.44. The summed E-state index contributed by atoms with van der Waals surface area (Å²) in [4.78, 5) is 10.7. The van der Waals surface area contributed by atoms with Crippen LogP contribution in [0.2, 0.25) is 0 Å². The minimum atomic E-state index is -0.680. The van der Waals surface area contributed by atoms with Gasteiger partial charge in [0.2, 0.25) is 0 Å². The van der Waals surface area contributed by atoms with Gasteiger partial charge in [-0.2, -0.15) is 0 Å². The molecule has 2 fully saturated rings. The number of aliphatic carboxylic acids is 1. The highest BCUT2D eigenvalue weighted by molar-refractivity contribution is 5.73. The number of nitrogens with one attached hydrogen (secondary N) is 1. The maximum Gasteiger partial charge on any atom is 0.320 e. The standard InChI is InChI=1S/C10H17NO2/c12-10(13)9-6-8(3-4-11-9)5-7-1-2-7/h7-9,11H,1-6H2,(H,12,13)/t8-,9-/m1/s1. The molecule has 2 rings (SSSR count). The van der Waals surface area contributed by atoms with Gasteiger partial charge in [0.15, 0.2) is 0 Å². The molecule has 0 aromatic heterocycles. The highest BCUT2D eigenvalue weighted by atomic mass is 16.4. The van der Waals surface area contributed by atoms with Crippen LogP contribution in [0.1, 0.15) is 32.1 Å². The number of carboxylic acid groups (broad SMARTS) is 1. The SMILES string of the molecule is O=C(O)[C@H]1C[C@@H](CC2CC2)CCN1. The molecule has 0 spiro atoms. The number of hydrogen-bond acceptors (Lipinski definition) is 2. The smallest absolute Gasteiger partial charge is 0.320 e. The quantitative estimate of drug-likeness (QED) is 0.692. The molecule has 2 N–H and O–H groups in total. The number of rotatable bonds is 3. The molecule has 2 atom stereocenters. The van der Waals surface area contributed by atoms with Gasteiger partial charge in [0.05, 0.1) is 0 Å². The summed E-state index contributed by atoms with van der Waals surface area (Å²) in [5.41, 5.74) is 0. The van der Waals surface area contributed by atoms with E-state index in [9.17, 15) is 4.79 Å². The average molecular weight is 183 g/mol. The van der Waals surface area contributed by atoms with Crippen LogP contribution in [-0.4, -0.2) is 23.7 Å². The zero-order valence-corrected chi connectivity index (χ0v) is 7.83. The first-order valence-electron chi connectivity index (χ1n) is 5.22. The van der Waals surface area contributed by atoms with Crippen molar-refractivity contribution in [3.05, 3.63) is 0 Å². The van der Waals surface area contributed by atoms with Crippen molar-refractivity contribution < 1.29 is 9.90 Å². The molecule has 3 nitrogen and oxygen atoms in total. The molecule has 1 saturated heterocycles. The Morgan fingerprint density at radius 3 is 2.69 bits per heavy atom. The molecule has 1 heterocycles. The van der Waals surface area contributed by atoms with E-state index in [1.54, 1.807) is 0 Å². The molecule has 0 bridgehead atoms. The minimum absolute atomic E-state index is 0.280. The molecule has 1 aliphatic heterocycles. The van der Waals surface area contributed by atoms with Crippen molar-refractivity contribution in [1.29, 1.82) is 0 Å². The number of hydrogen-bond donors (Lipinski definition) is 2. The van der Waals surface area contributed by atoms with Crippen LogP contribution in [0.25, 0.3) is 0 Å². The second-order valence-electron chi connectivity index (χ2n) is 4.41. The van der Waals surface area contributed by atoms with Crippen LogP contribution in [0, 0.1) is 11.8 Å². The van der Waals surface area contributed by atoms with Gasteiger partial charge in [-0.15, -0.1) is 0 Å². The average Bonchev–Trinajstić information content (AvgIpc) is 2.89. The molecule has 13 heavy (non-hydrogen) atoms. The van der Waals surface area contributed by atoms with Crippen molar-refractivity contribution in [3.8, 4) is 0 Å². The van der Waals surface area contributed by atoms with Crippen LogP contribution >= 0.6 is 0 Å². The third-order valence-corrected chi connectivity index (χ3v) is 3.17. The molecular formula is C10H17NO2. The topological polar surface area (TPSA) is 49.3 Å². The van der Waals surface area contributed by atoms with Gasteiger partial charge in [-0.05, 0) is 37.6 Å². The summed E-state index contributed by atoms with van der Waals surface area (Å²) < 4.78 is 0. The van der Waals surface area contributed by atoms with Gasteiger partial charge < -0.3 is 10.4 Å². The van der Waals surface area contributed by atoms with Crippen LogP contribution in [0.3, 0.4) is 0 Å². The molecule has 0 unspecified atom stereocenters. The first-order valence-corrected chi connectivity index (χ1v) is 5.22. The predicted octanol–water partition coefficient (Wildman–Crippen LogP) is 1.24. The van der Waals surface area contributed by atoms with Crippen LogP contribution in [0.5, 0.6) is 0 Å². The van der Waals surface area contributed by atoms with Crippen LogP contribution in [-0.2, 0) is 4.79 Å². The monoisotopic (exact) mass is 183 g/mol. The number of carboxylic acids is 1. The lowest BCUT2D eigenvalue weighted by atomic mass is 9.88. The lowest BCUT2D eigenvalue weighted by Crippen LogP contribution is -2.43. The Hall–Kier alpha value is -0.570. The van der Waals surface area contributed by atoms with Crippen LogP contribution in [0.4, 0.5) is 0 Å². The van der Waals surface area contributed by atoms with E-state index in [0.717, 1.165) is 18.9 Å². The molecule has 0 aromatic rings. The highest BCUT2D eigenvalue weighted by Crippen LogP contribution is 2.38. The van der Waals surface area contributed by atoms with E-state index < -0.39 is 5.97 Å². The fraction of sp³-hybridized carbons (Fsp3) is 0.900. The highest BCUT2D eigenvalue weighted by Gasteiger charge is 2.31. The predicted molar refractivity (Wildman–Crippen MR) is 49.5 cm³/mol. The Kier molecular flexibility index (Phi) is 2.54. The second kappa shape index (κ2) is 3.66. The van der Waals surface area contributed by atoms with E-state index >= 15 is 0 Å². The fourth-order valence-corrected chi connectivity index (χ4v) is 2.22. The van der Waals surface area contributed by atoms with Crippen LogP contribution in [0.15, 0.2) is 0 Å². The molecule has 0 radical (unpaired) electrons. The van der Waals surface area contributed by atoms with Crippen molar-refractivity contribution in [2.45, 2.75) is 38.1 Å². The van der Waals surface area contributed by atoms with E-state index in [1.165, 1.54) is 25.7 Å². The van der Waals surface area contributed by atoms with E-state index in [1.807, 2.05) is 0 Å². The molecule has 1 saturated carbocycles. The van der Waals surface area contributed by atoms with E-state index in [-0.39, 0.29) is 6.04 Å². The second-order valence-corrected chi connectivity index (χ2v) is 4.41. The summed E-state index contributed by atoms with van der Waals surface area (Å²) >= 11 is 0. The van der Waals surface area contributed by atoms with E-state index in [4.69, 9.17) is 5.11 Å².